The van der Waals surface area contributed by atoms with Gasteiger partial charge in [-0.05, 0) is 30.3 Å². The van der Waals surface area contributed by atoms with Crippen LogP contribution in [-0.2, 0) is 6.54 Å². The van der Waals surface area contributed by atoms with Crippen LogP contribution < -0.4 is 10.1 Å². The van der Waals surface area contributed by atoms with Gasteiger partial charge in [0.15, 0.2) is 0 Å². The van der Waals surface area contributed by atoms with Gasteiger partial charge in [-0.25, -0.2) is 0 Å². The second kappa shape index (κ2) is 7.37. The molecule has 2 aromatic heterocycles. The smallest absolute Gasteiger partial charge is 0.253 e. The summed E-state index contributed by atoms with van der Waals surface area (Å²) in [4.78, 5) is 20.8. The number of nitrogens with one attached hydrogen (secondary N) is 1. The SMILES string of the molecule is COc1ccccc1CNC(=O)c1ccc(-c2ccccn2)nc1. The Morgan fingerprint density at radius 1 is 1.00 bits per heavy atom. The lowest BCUT2D eigenvalue weighted by molar-refractivity contribution is 0.0950. The number of pyridine rings is 2. The second-order valence-corrected chi connectivity index (χ2v) is 5.14. The van der Waals surface area contributed by atoms with E-state index in [1.165, 1.54) is 0 Å². The standard InChI is InChI=1S/C19H17N3O2/c1-24-18-8-3-2-6-14(18)12-22-19(23)15-9-10-17(21-13-15)16-7-4-5-11-20-16/h2-11,13H,12H2,1H3,(H,22,23). The molecule has 2 heterocycles. The highest BCUT2D eigenvalue weighted by molar-refractivity contribution is 5.94. The van der Waals surface area contributed by atoms with Crippen molar-refractivity contribution in [3.05, 3.63) is 78.1 Å². The van der Waals surface area contributed by atoms with Gasteiger partial charge in [0.1, 0.15) is 5.75 Å². The number of nitrogens with zero attached hydrogens (tertiary/aromatic N) is 2. The zero-order chi connectivity index (χ0) is 16.8. The zero-order valence-corrected chi connectivity index (χ0v) is 13.3. The molecule has 0 saturated heterocycles. The Morgan fingerprint density at radius 3 is 2.50 bits per heavy atom. The molecule has 0 aliphatic rings. The van der Waals surface area contributed by atoms with E-state index in [0.29, 0.717) is 12.1 Å². The molecule has 0 saturated carbocycles. The van der Waals surface area contributed by atoms with Gasteiger partial charge < -0.3 is 10.1 Å². The summed E-state index contributed by atoms with van der Waals surface area (Å²) in [5, 5.41) is 2.87. The molecule has 1 N–H and O–H groups in total. The number of benzene rings is 1. The van der Waals surface area contributed by atoms with Gasteiger partial charge in [0, 0.05) is 24.5 Å². The van der Waals surface area contributed by atoms with Gasteiger partial charge in [0.25, 0.3) is 5.91 Å². The van der Waals surface area contributed by atoms with E-state index < -0.39 is 0 Å². The molecule has 0 aliphatic heterocycles. The van der Waals surface area contributed by atoms with E-state index >= 15 is 0 Å². The van der Waals surface area contributed by atoms with Gasteiger partial charge in [-0.15, -0.1) is 0 Å². The number of hydrogen-bond acceptors (Lipinski definition) is 4. The lowest BCUT2D eigenvalue weighted by Crippen LogP contribution is -2.23. The molecule has 3 aromatic rings. The van der Waals surface area contributed by atoms with Gasteiger partial charge in [-0.3, -0.25) is 14.8 Å². The van der Waals surface area contributed by atoms with Gasteiger partial charge in [0.05, 0.1) is 24.1 Å². The maximum absolute atomic E-state index is 12.3. The molecule has 0 fully saturated rings. The molecule has 5 nitrogen and oxygen atoms in total. The van der Waals surface area contributed by atoms with Gasteiger partial charge in [0.2, 0.25) is 0 Å². The van der Waals surface area contributed by atoms with Crippen molar-refractivity contribution < 1.29 is 9.53 Å². The molecule has 1 amide bonds. The molecule has 0 spiro atoms. The minimum atomic E-state index is -0.180. The minimum absolute atomic E-state index is 0.180. The fraction of sp³-hybridized carbons (Fsp3) is 0.105. The first-order valence-electron chi connectivity index (χ1n) is 7.55. The Balaban J connectivity index is 1.67. The lowest BCUT2D eigenvalue weighted by Gasteiger charge is -2.09. The predicted molar refractivity (Wildman–Crippen MR) is 91.6 cm³/mol. The number of methoxy groups -OCH3 is 1. The highest BCUT2D eigenvalue weighted by Gasteiger charge is 2.09. The summed E-state index contributed by atoms with van der Waals surface area (Å²) in [6.07, 6.45) is 3.27. The summed E-state index contributed by atoms with van der Waals surface area (Å²) in [6.45, 7) is 0.394. The Morgan fingerprint density at radius 2 is 1.79 bits per heavy atom. The van der Waals surface area contributed by atoms with Gasteiger partial charge >= 0.3 is 0 Å². The molecule has 0 bridgehead atoms. The largest absolute Gasteiger partial charge is 0.496 e. The Kier molecular flexibility index (Phi) is 4.81. The molecule has 0 unspecified atom stereocenters. The highest BCUT2D eigenvalue weighted by Crippen LogP contribution is 2.17. The van der Waals surface area contributed by atoms with E-state index in [1.807, 2.05) is 42.5 Å². The summed E-state index contributed by atoms with van der Waals surface area (Å²) in [5.41, 5.74) is 2.94. The van der Waals surface area contributed by atoms with Crippen LogP contribution in [0, 0.1) is 0 Å². The molecular formula is C19H17N3O2. The first kappa shape index (κ1) is 15.7. The highest BCUT2D eigenvalue weighted by atomic mass is 16.5. The van der Waals surface area contributed by atoms with Crippen LogP contribution in [-0.4, -0.2) is 23.0 Å². The molecule has 0 aliphatic carbocycles. The van der Waals surface area contributed by atoms with Crippen LogP contribution >= 0.6 is 0 Å². The predicted octanol–water partition coefficient (Wildman–Crippen LogP) is 3.08. The van der Waals surface area contributed by atoms with Gasteiger partial charge in [-0.1, -0.05) is 24.3 Å². The number of aromatic nitrogens is 2. The van der Waals surface area contributed by atoms with Crippen LogP contribution in [0.2, 0.25) is 0 Å². The monoisotopic (exact) mass is 319 g/mol. The third kappa shape index (κ3) is 3.57. The molecule has 5 heteroatoms. The molecule has 0 radical (unpaired) electrons. The number of hydrogen-bond donors (Lipinski definition) is 1. The van der Waals surface area contributed by atoms with Crippen LogP contribution in [0.5, 0.6) is 5.75 Å². The fourth-order valence-corrected chi connectivity index (χ4v) is 2.32. The van der Waals surface area contributed by atoms with Crippen molar-refractivity contribution in [2.45, 2.75) is 6.54 Å². The van der Waals surface area contributed by atoms with Crippen molar-refractivity contribution in [2.75, 3.05) is 7.11 Å². The van der Waals surface area contributed by atoms with Crippen LogP contribution in [0.3, 0.4) is 0 Å². The van der Waals surface area contributed by atoms with E-state index in [2.05, 4.69) is 15.3 Å². The quantitative estimate of drug-likeness (QED) is 0.785. The lowest BCUT2D eigenvalue weighted by atomic mass is 10.2. The van der Waals surface area contributed by atoms with Crippen LogP contribution in [0.15, 0.2) is 67.0 Å². The van der Waals surface area contributed by atoms with E-state index in [4.69, 9.17) is 4.74 Å². The summed E-state index contributed by atoms with van der Waals surface area (Å²) in [5.74, 6) is 0.572. The molecule has 0 atom stereocenters. The summed E-state index contributed by atoms with van der Waals surface area (Å²) in [6, 6.07) is 16.8. The van der Waals surface area contributed by atoms with Crippen LogP contribution in [0.25, 0.3) is 11.4 Å². The Bertz CT molecular complexity index is 818. The van der Waals surface area contributed by atoms with E-state index in [9.17, 15) is 4.79 Å². The topological polar surface area (TPSA) is 64.1 Å². The number of ether oxygens (including phenoxy) is 1. The average molecular weight is 319 g/mol. The first-order valence-corrected chi connectivity index (χ1v) is 7.55. The normalized spacial score (nSPS) is 10.2. The van der Waals surface area contributed by atoms with E-state index in [0.717, 1.165) is 22.7 Å². The summed E-state index contributed by atoms with van der Waals surface area (Å²) in [7, 11) is 1.61. The molecule has 24 heavy (non-hydrogen) atoms. The summed E-state index contributed by atoms with van der Waals surface area (Å²) >= 11 is 0. The average Bonchev–Trinajstić information content (AvgIpc) is 2.67. The number of rotatable bonds is 5. The Labute approximate surface area is 140 Å². The van der Waals surface area contributed by atoms with Crippen molar-refractivity contribution in [1.82, 2.24) is 15.3 Å². The van der Waals surface area contributed by atoms with Crippen LogP contribution in [0.1, 0.15) is 15.9 Å². The Hall–Kier alpha value is -3.21. The third-order valence-corrected chi connectivity index (χ3v) is 3.58. The number of carbonyl (C=O) groups excluding carboxylic acids is 1. The summed E-state index contributed by atoms with van der Waals surface area (Å²) < 4.78 is 5.28. The third-order valence-electron chi connectivity index (χ3n) is 3.58. The van der Waals surface area contributed by atoms with Crippen molar-refractivity contribution in [3.63, 3.8) is 0 Å². The van der Waals surface area contributed by atoms with E-state index in [-0.39, 0.29) is 5.91 Å². The van der Waals surface area contributed by atoms with E-state index in [1.54, 1.807) is 31.6 Å². The van der Waals surface area contributed by atoms with Gasteiger partial charge in [-0.2, -0.15) is 0 Å². The molecule has 120 valence electrons. The molecule has 1 aromatic carbocycles. The van der Waals surface area contributed by atoms with Crippen LogP contribution in [0.4, 0.5) is 0 Å². The molecule has 3 rings (SSSR count). The second-order valence-electron chi connectivity index (χ2n) is 5.14. The minimum Gasteiger partial charge on any atom is -0.496 e. The number of para-hydroxylation sites is 1. The van der Waals surface area contributed by atoms with Crippen molar-refractivity contribution in [3.8, 4) is 17.1 Å². The van der Waals surface area contributed by atoms with Crippen molar-refractivity contribution in [1.29, 1.82) is 0 Å². The van der Waals surface area contributed by atoms with Crippen molar-refractivity contribution >= 4 is 5.91 Å². The molecular weight excluding hydrogens is 302 g/mol. The number of amides is 1. The van der Waals surface area contributed by atoms with Crippen molar-refractivity contribution in [2.24, 2.45) is 0 Å². The first-order chi connectivity index (χ1) is 11.8. The maximum Gasteiger partial charge on any atom is 0.253 e. The maximum atomic E-state index is 12.3. The zero-order valence-electron chi connectivity index (χ0n) is 13.3. The fourth-order valence-electron chi connectivity index (χ4n) is 2.32. The number of carbonyl (C=O) groups is 1.